The Kier molecular flexibility index (Phi) is 6.80. The Morgan fingerprint density at radius 3 is 2.16 bits per heavy atom. The average molecular weight is 269 g/mol. The number of hydrogen-bond acceptors (Lipinski definition) is 3. The maximum absolute atomic E-state index is 12.3. The summed E-state index contributed by atoms with van der Waals surface area (Å²) in [6, 6.07) is 0. The lowest BCUT2D eigenvalue weighted by atomic mass is 9.94. The molecule has 0 aromatic rings. The predicted molar refractivity (Wildman–Crippen MR) is 80.0 cm³/mol. The third kappa shape index (κ3) is 3.93. The molecular formula is C15H31N3O. The first kappa shape index (κ1) is 16.4. The van der Waals surface area contributed by atoms with E-state index < -0.39 is 0 Å². The van der Waals surface area contributed by atoms with Gasteiger partial charge in [0.05, 0.1) is 6.54 Å². The highest BCUT2D eigenvalue weighted by Gasteiger charge is 2.38. The zero-order chi connectivity index (χ0) is 14.3. The molecule has 0 saturated heterocycles. The van der Waals surface area contributed by atoms with Crippen LogP contribution in [-0.2, 0) is 4.79 Å². The van der Waals surface area contributed by atoms with Crippen LogP contribution in [0.15, 0.2) is 0 Å². The van der Waals surface area contributed by atoms with Crippen LogP contribution in [0.4, 0.5) is 0 Å². The van der Waals surface area contributed by atoms with Crippen molar-refractivity contribution in [3.63, 3.8) is 0 Å². The van der Waals surface area contributed by atoms with E-state index in [1.54, 1.807) is 0 Å². The van der Waals surface area contributed by atoms with Crippen LogP contribution in [0, 0.1) is 0 Å². The van der Waals surface area contributed by atoms with Crippen molar-refractivity contribution in [3.8, 4) is 0 Å². The van der Waals surface area contributed by atoms with Gasteiger partial charge in [-0.15, -0.1) is 0 Å². The first-order valence-electron chi connectivity index (χ1n) is 7.86. The third-order valence-electron chi connectivity index (χ3n) is 4.52. The van der Waals surface area contributed by atoms with Gasteiger partial charge < -0.3 is 10.6 Å². The first-order valence-corrected chi connectivity index (χ1v) is 7.86. The van der Waals surface area contributed by atoms with E-state index in [2.05, 4.69) is 11.8 Å². The minimum Gasteiger partial charge on any atom is -0.342 e. The number of likely N-dealkylation sites (N-methyl/N-ethyl adjacent to an activating group) is 1. The number of amides is 1. The number of rotatable bonds is 8. The largest absolute Gasteiger partial charge is 0.342 e. The average Bonchev–Trinajstić information content (AvgIpc) is 2.89. The van der Waals surface area contributed by atoms with E-state index in [0.29, 0.717) is 13.1 Å². The summed E-state index contributed by atoms with van der Waals surface area (Å²) in [5.74, 6) is 0.248. The maximum atomic E-state index is 12.3. The van der Waals surface area contributed by atoms with Crippen LogP contribution >= 0.6 is 0 Å². The number of nitrogens with zero attached hydrogens (tertiary/aromatic N) is 2. The zero-order valence-electron chi connectivity index (χ0n) is 13.0. The normalized spacial score (nSPS) is 17.9. The molecule has 0 unspecified atom stereocenters. The summed E-state index contributed by atoms with van der Waals surface area (Å²) in [7, 11) is 0. The number of carbonyl (C=O) groups excluding carboxylic acids is 1. The van der Waals surface area contributed by atoms with Crippen LogP contribution in [0.25, 0.3) is 0 Å². The topological polar surface area (TPSA) is 49.6 Å². The molecule has 1 aliphatic rings. The van der Waals surface area contributed by atoms with Crippen molar-refractivity contribution in [2.45, 2.75) is 58.4 Å². The lowest BCUT2D eigenvalue weighted by Crippen LogP contribution is -2.55. The van der Waals surface area contributed by atoms with Gasteiger partial charge in [-0.25, -0.2) is 0 Å². The molecule has 1 rings (SSSR count). The van der Waals surface area contributed by atoms with Gasteiger partial charge in [0, 0.05) is 25.2 Å². The molecule has 2 N–H and O–H groups in total. The summed E-state index contributed by atoms with van der Waals surface area (Å²) < 4.78 is 0. The molecule has 1 fully saturated rings. The molecule has 4 heteroatoms. The van der Waals surface area contributed by atoms with Crippen molar-refractivity contribution in [1.82, 2.24) is 9.80 Å². The Balaban J connectivity index is 2.74. The lowest BCUT2D eigenvalue weighted by molar-refractivity contribution is -0.133. The Hall–Kier alpha value is -0.610. The summed E-state index contributed by atoms with van der Waals surface area (Å²) in [5.41, 5.74) is 6.13. The summed E-state index contributed by atoms with van der Waals surface area (Å²) in [6.07, 6.45) is 5.87. The van der Waals surface area contributed by atoms with E-state index in [-0.39, 0.29) is 11.4 Å². The van der Waals surface area contributed by atoms with E-state index in [9.17, 15) is 4.79 Å². The van der Waals surface area contributed by atoms with Gasteiger partial charge in [0.2, 0.25) is 5.91 Å². The highest BCUT2D eigenvalue weighted by Crippen LogP contribution is 2.34. The molecule has 112 valence electrons. The molecule has 19 heavy (non-hydrogen) atoms. The van der Waals surface area contributed by atoms with Crippen molar-refractivity contribution in [3.05, 3.63) is 0 Å². The highest BCUT2D eigenvalue weighted by atomic mass is 16.2. The van der Waals surface area contributed by atoms with Crippen LogP contribution in [0.1, 0.15) is 52.9 Å². The van der Waals surface area contributed by atoms with Gasteiger partial charge in [-0.1, -0.05) is 19.8 Å². The van der Waals surface area contributed by atoms with Gasteiger partial charge in [0.1, 0.15) is 0 Å². The second kappa shape index (κ2) is 7.85. The Bertz CT molecular complexity index is 271. The Morgan fingerprint density at radius 1 is 1.16 bits per heavy atom. The molecule has 0 bridgehead atoms. The van der Waals surface area contributed by atoms with E-state index in [1.165, 1.54) is 12.8 Å². The molecule has 0 aliphatic heterocycles. The summed E-state index contributed by atoms with van der Waals surface area (Å²) in [6.45, 7) is 10.0. The van der Waals surface area contributed by atoms with Gasteiger partial charge in [-0.05, 0) is 39.7 Å². The van der Waals surface area contributed by atoms with Gasteiger partial charge in [-0.3, -0.25) is 9.69 Å². The van der Waals surface area contributed by atoms with Gasteiger partial charge in [0.15, 0.2) is 0 Å². The summed E-state index contributed by atoms with van der Waals surface area (Å²) in [4.78, 5) is 16.6. The van der Waals surface area contributed by atoms with Crippen LogP contribution in [0.3, 0.4) is 0 Å². The molecule has 4 nitrogen and oxygen atoms in total. The molecule has 0 radical (unpaired) electrons. The number of nitrogens with two attached hydrogens (primary N) is 1. The molecule has 0 aromatic carbocycles. The molecular weight excluding hydrogens is 238 g/mol. The molecule has 0 aromatic heterocycles. The molecule has 1 saturated carbocycles. The highest BCUT2D eigenvalue weighted by molar-refractivity contribution is 5.78. The van der Waals surface area contributed by atoms with E-state index in [4.69, 9.17) is 5.73 Å². The van der Waals surface area contributed by atoms with Crippen molar-refractivity contribution in [1.29, 1.82) is 0 Å². The zero-order valence-corrected chi connectivity index (χ0v) is 13.0. The molecule has 1 amide bonds. The second-order valence-corrected chi connectivity index (χ2v) is 5.62. The molecule has 0 atom stereocenters. The standard InChI is InChI=1S/C15H31N3O/c1-4-11-18(12-14(19)17(5-2)6-3)15(13-16)9-7-8-10-15/h4-13,16H2,1-3H3. The van der Waals surface area contributed by atoms with Crippen LogP contribution in [0.5, 0.6) is 0 Å². The smallest absolute Gasteiger partial charge is 0.236 e. The minimum atomic E-state index is 0.0822. The number of hydrogen-bond donors (Lipinski definition) is 1. The predicted octanol–water partition coefficient (Wildman–Crippen LogP) is 1.84. The van der Waals surface area contributed by atoms with Crippen molar-refractivity contribution >= 4 is 5.91 Å². The summed E-state index contributed by atoms with van der Waals surface area (Å²) >= 11 is 0. The van der Waals surface area contributed by atoms with Gasteiger partial charge >= 0.3 is 0 Å². The molecule has 1 aliphatic carbocycles. The first-order chi connectivity index (χ1) is 9.13. The second-order valence-electron chi connectivity index (χ2n) is 5.62. The van der Waals surface area contributed by atoms with Crippen LogP contribution in [0.2, 0.25) is 0 Å². The van der Waals surface area contributed by atoms with E-state index in [0.717, 1.165) is 38.9 Å². The molecule has 0 heterocycles. The summed E-state index contributed by atoms with van der Waals surface area (Å²) in [5, 5.41) is 0. The quantitative estimate of drug-likeness (QED) is 0.731. The molecule has 0 spiro atoms. The van der Waals surface area contributed by atoms with Crippen molar-refractivity contribution in [2.24, 2.45) is 5.73 Å². The monoisotopic (exact) mass is 269 g/mol. The fourth-order valence-corrected chi connectivity index (χ4v) is 3.28. The fraction of sp³-hybridized carbons (Fsp3) is 0.933. The van der Waals surface area contributed by atoms with E-state index >= 15 is 0 Å². The Labute approximate surface area is 118 Å². The Morgan fingerprint density at radius 2 is 1.74 bits per heavy atom. The van der Waals surface area contributed by atoms with Crippen LogP contribution in [-0.4, -0.2) is 54.0 Å². The lowest BCUT2D eigenvalue weighted by Gasteiger charge is -2.41. The third-order valence-corrected chi connectivity index (χ3v) is 4.52. The van der Waals surface area contributed by atoms with Gasteiger partial charge in [0.25, 0.3) is 0 Å². The fourth-order valence-electron chi connectivity index (χ4n) is 3.28. The van der Waals surface area contributed by atoms with E-state index in [1.807, 2.05) is 18.7 Å². The number of carbonyl (C=O) groups is 1. The SMILES string of the molecule is CCCN(CC(=O)N(CC)CC)C1(CN)CCCC1. The van der Waals surface area contributed by atoms with Crippen molar-refractivity contribution in [2.75, 3.05) is 32.7 Å². The maximum Gasteiger partial charge on any atom is 0.236 e. The van der Waals surface area contributed by atoms with Crippen LogP contribution < -0.4 is 5.73 Å². The minimum absolute atomic E-state index is 0.0822. The van der Waals surface area contributed by atoms with Crippen molar-refractivity contribution < 1.29 is 4.79 Å². The van der Waals surface area contributed by atoms with Gasteiger partial charge in [-0.2, -0.15) is 0 Å².